The number of halogens is 1. The zero-order valence-electron chi connectivity index (χ0n) is 16.9. The van der Waals surface area contributed by atoms with Gasteiger partial charge in [-0.3, -0.25) is 14.2 Å². The highest BCUT2D eigenvalue weighted by molar-refractivity contribution is 5.72. The van der Waals surface area contributed by atoms with Gasteiger partial charge in [-0.1, -0.05) is 19.3 Å². The fourth-order valence-electron chi connectivity index (χ4n) is 3.76. The minimum Gasteiger partial charge on any atom is -0.459 e. The number of aliphatic hydroxyl groups excluding tert-OH is 2. The van der Waals surface area contributed by atoms with Crippen LogP contribution in [0.5, 0.6) is 0 Å². The van der Waals surface area contributed by atoms with E-state index in [0.717, 1.165) is 31.5 Å². The molecule has 4 atom stereocenters. The fourth-order valence-corrected chi connectivity index (χ4v) is 3.76. The number of nitrogens with zero attached hydrogens (tertiary/aromatic N) is 2. The smallest absolute Gasteiger partial charge is 0.425 e. The van der Waals surface area contributed by atoms with Gasteiger partial charge in [-0.15, -0.1) is 0 Å². The standard InChI is InChI=1S/C19H25FN2O9/c1-2-29-18(28)22-12(23)8-9-21(17(22)27)15-13(24)14(25)19(20,31-15)10-30-16(26)11-6-4-3-5-7-11/h8-9,11,13-15,24-25H,2-7,10H2,1H3/t13-,14+,15-,19-/m1/s1. The molecule has 0 spiro atoms. The van der Waals surface area contributed by atoms with E-state index in [-0.39, 0.29) is 17.1 Å². The van der Waals surface area contributed by atoms with Crippen molar-refractivity contribution < 1.29 is 38.4 Å². The molecule has 1 saturated carbocycles. The first-order chi connectivity index (χ1) is 14.7. The molecule has 1 aliphatic carbocycles. The summed E-state index contributed by atoms with van der Waals surface area (Å²) < 4.78 is 30.6. The largest absolute Gasteiger partial charge is 0.459 e. The number of ether oxygens (including phenoxy) is 3. The van der Waals surface area contributed by atoms with Crippen LogP contribution in [-0.4, -0.2) is 62.7 Å². The molecule has 0 radical (unpaired) electrons. The normalized spacial score (nSPS) is 29.0. The Morgan fingerprint density at radius 2 is 1.90 bits per heavy atom. The number of hydrogen-bond acceptors (Lipinski definition) is 9. The average Bonchev–Trinajstić information content (AvgIpc) is 2.97. The molecule has 31 heavy (non-hydrogen) atoms. The Labute approximate surface area is 175 Å². The number of esters is 1. The van der Waals surface area contributed by atoms with Gasteiger partial charge in [0.05, 0.1) is 12.5 Å². The van der Waals surface area contributed by atoms with Crippen molar-refractivity contribution in [3.8, 4) is 0 Å². The van der Waals surface area contributed by atoms with Gasteiger partial charge < -0.3 is 24.4 Å². The first-order valence-electron chi connectivity index (χ1n) is 10.1. The molecule has 1 saturated heterocycles. The molecule has 0 amide bonds. The van der Waals surface area contributed by atoms with Crippen LogP contribution in [0.2, 0.25) is 0 Å². The number of hydrogen-bond donors (Lipinski definition) is 2. The van der Waals surface area contributed by atoms with Crippen molar-refractivity contribution in [3.05, 3.63) is 33.1 Å². The van der Waals surface area contributed by atoms with Crippen molar-refractivity contribution in [2.45, 2.75) is 63.3 Å². The molecule has 1 aliphatic heterocycles. The number of aromatic nitrogens is 2. The molecule has 0 unspecified atom stereocenters. The van der Waals surface area contributed by atoms with Crippen molar-refractivity contribution in [1.29, 1.82) is 0 Å². The Morgan fingerprint density at radius 1 is 1.23 bits per heavy atom. The van der Waals surface area contributed by atoms with Gasteiger partial charge in [0, 0.05) is 12.3 Å². The summed E-state index contributed by atoms with van der Waals surface area (Å²) in [6.45, 7) is 0.362. The van der Waals surface area contributed by atoms with Crippen LogP contribution in [0, 0.1) is 5.92 Å². The molecule has 3 rings (SSSR count). The third-order valence-corrected chi connectivity index (χ3v) is 5.46. The summed E-state index contributed by atoms with van der Waals surface area (Å²) in [5, 5.41) is 20.4. The van der Waals surface area contributed by atoms with E-state index in [1.807, 2.05) is 0 Å². The van der Waals surface area contributed by atoms with Gasteiger partial charge >= 0.3 is 17.8 Å². The van der Waals surface area contributed by atoms with E-state index in [9.17, 15) is 29.4 Å². The number of aliphatic hydroxyl groups is 2. The predicted molar refractivity (Wildman–Crippen MR) is 101 cm³/mol. The predicted octanol–water partition coefficient (Wildman–Crippen LogP) is 0.0545. The molecular weight excluding hydrogens is 419 g/mol. The van der Waals surface area contributed by atoms with E-state index >= 15 is 4.39 Å². The van der Waals surface area contributed by atoms with Crippen LogP contribution in [-0.2, 0) is 19.0 Å². The molecule has 1 aromatic heterocycles. The summed E-state index contributed by atoms with van der Waals surface area (Å²) in [5.74, 6) is -4.00. The van der Waals surface area contributed by atoms with E-state index in [1.165, 1.54) is 6.92 Å². The second kappa shape index (κ2) is 9.28. The summed E-state index contributed by atoms with van der Waals surface area (Å²) in [6.07, 6.45) is -2.30. The van der Waals surface area contributed by atoms with E-state index in [2.05, 4.69) is 4.74 Å². The second-order valence-electron chi connectivity index (χ2n) is 7.55. The van der Waals surface area contributed by atoms with Gasteiger partial charge in [0.2, 0.25) is 0 Å². The Morgan fingerprint density at radius 3 is 2.55 bits per heavy atom. The summed E-state index contributed by atoms with van der Waals surface area (Å²) in [5.41, 5.74) is -2.26. The minimum atomic E-state index is -3.00. The maximum atomic E-state index is 15.2. The van der Waals surface area contributed by atoms with Crippen molar-refractivity contribution in [3.63, 3.8) is 0 Å². The van der Waals surface area contributed by atoms with Crippen LogP contribution >= 0.6 is 0 Å². The number of rotatable bonds is 5. The van der Waals surface area contributed by atoms with Crippen LogP contribution in [0.4, 0.5) is 9.18 Å². The molecule has 2 heterocycles. The third-order valence-electron chi connectivity index (χ3n) is 5.46. The quantitative estimate of drug-likeness (QED) is 0.602. The topological polar surface area (TPSA) is 146 Å². The molecular formula is C19H25FN2O9. The molecule has 2 aliphatic rings. The van der Waals surface area contributed by atoms with Gasteiger partial charge in [-0.25, -0.2) is 14.0 Å². The van der Waals surface area contributed by atoms with Crippen molar-refractivity contribution in [2.24, 2.45) is 5.92 Å². The Balaban J connectivity index is 1.79. The van der Waals surface area contributed by atoms with E-state index < -0.39 is 54.2 Å². The first kappa shape index (κ1) is 23.1. The molecule has 0 bridgehead atoms. The minimum absolute atomic E-state index is 0.110. The lowest BCUT2D eigenvalue weighted by molar-refractivity contribution is -0.218. The average molecular weight is 444 g/mol. The van der Waals surface area contributed by atoms with E-state index in [4.69, 9.17) is 9.47 Å². The van der Waals surface area contributed by atoms with Crippen LogP contribution in [0.15, 0.2) is 21.9 Å². The first-order valence-corrected chi connectivity index (χ1v) is 10.1. The third kappa shape index (κ3) is 4.55. The summed E-state index contributed by atoms with van der Waals surface area (Å²) in [4.78, 5) is 48.5. The maximum Gasteiger partial charge on any atom is 0.425 e. The second-order valence-corrected chi connectivity index (χ2v) is 7.55. The van der Waals surface area contributed by atoms with Crippen molar-refractivity contribution >= 4 is 12.1 Å². The van der Waals surface area contributed by atoms with Gasteiger partial charge in [-0.2, -0.15) is 4.57 Å². The summed E-state index contributed by atoms with van der Waals surface area (Å²) >= 11 is 0. The van der Waals surface area contributed by atoms with Crippen LogP contribution in [0.25, 0.3) is 0 Å². The van der Waals surface area contributed by atoms with Gasteiger partial charge in [-0.05, 0) is 19.8 Å². The van der Waals surface area contributed by atoms with Crippen LogP contribution in [0.1, 0.15) is 45.3 Å². The lowest BCUT2D eigenvalue weighted by Gasteiger charge is -2.25. The molecule has 172 valence electrons. The highest BCUT2D eigenvalue weighted by atomic mass is 19.2. The molecule has 11 nitrogen and oxygen atoms in total. The van der Waals surface area contributed by atoms with Gasteiger partial charge in [0.1, 0.15) is 12.2 Å². The van der Waals surface area contributed by atoms with E-state index in [0.29, 0.717) is 17.4 Å². The number of alkyl halides is 1. The Kier molecular flexibility index (Phi) is 6.92. The van der Waals surface area contributed by atoms with Crippen molar-refractivity contribution in [1.82, 2.24) is 9.13 Å². The van der Waals surface area contributed by atoms with Gasteiger partial charge in [0.15, 0.2) is 12.8 Å². The van der Waals surface area contributed by atoms with Gasteiger partial charge in [0.25, 0.3) is 11.4 Å². The Hall–Kier alpha value is -2.57. The summed E-state index contributed by atoms with van der Waals surface area (Å²) in [7, 11) is 0. The van der Waals surface area contributed by atoms with Crippen LogP contribution in [0.3, 0.4) is 0 Å². The van der Waals surface area contributed by atoms with E-state index in [1.54, 1.807) is 0 Å². The fraction of sp³-hybridized carbons (Fsp3) is 0.684. The Bertz CT molecular complexity index is 939. The highest BCUT2D eigenvalue weighted by Crippen LogP contribution is 2.38. The monoisotopic (exact) mass is 444 g/mol. The number of carbonyl (C=O) groups excluding carboxylic acids is 2. The lowest BCUT2D eigenvalue weighted by atomic mass is 9.89. The molecule has 0 aromatic carbocycles. The maximum absolute atomic E-state index is 15.2. The molecule has 2 fully saturated rings. The molecule has 2 N–H and O–H groups in total. The zero-order valence-corrected chi connectivity index (χ0v) is 16.9. The highest BCUT2D eigenvalue weighted by Gasteiger charge is 2.57. The van der Waals surface area contributed by atoms with Crippen LogP contribution < -0.4 is 11.2 Å². The lowest BCUT2D eigenvalue weighted by Crippen LogP contribution is -2.46. The van der Waals surface area contributed by atoms with Crippen molar-refractivity contribution in [2.75, 3.05) is 13.2 Å². The molecule has 12 heteroatoms. The molecule has 1 aromatic rings. The zero-order chi connectivity index (χ0) is 22.8. The number of carbonyl (C=O) groups is 2. The summed E-state index contributed by atoms with van der Waals surface area (Å²) in [6, 6.07) is 0.822. The SMILES string of the molecule is CCOC(=O)n1c(=O)ccn([C@@H]2O[C@](F)(COC(=O)C3CCCCC3)[C@@H](O)[C@H]2O)c1=O.